The molecule has 5 rings (SSSR count). The largest absolute Gasteiger partial charge is 0.355 e. The predicted octanol–water partition coefficient (Wildman–Crippen LogP) is 7.06. The van der Waals surface area contributed by atoms with Crippen molar-refractivity contribution in [1.82, 2.24) is 9.55 Å². The fraction of sp³-hybridized carbons (Fsp3) is 0.519. The van der Waals surface area contributed by atoms with Crippen LogP contribution >= 0.6 is 12.4 Å². The van der Waals surface area contributed by atoms with Crippen molar-refractivity contribution in [3.05, 3.63) is 59.2 Å². The number of halogens is 2. The Morgan fingerprint density at radius 2 is 1.78 bits per heavy atom. The molecule has 2 fully saturated rings. The molecule has 3 aromatic rings. The maximum absolute atomic E-state index is 13.8. The van der Waals surface area contributed by atoms with Gasteiger partial charge in [-0.3, -0.25) is 0 Å². The van der Waals surface area contributed by atoms with Gasteiger partial charge in [-0.1, -0.05) is 44.2 Å². The summed E-state index contributed by atoms with van der Waals surface area (Å²) in [6.45, 7) is 7.26. The molecule has 1 aromatic carbocycles. The summed E-state index contributed by atoms with van der Waals surface area (Å²) in [5.74, 6) is 2.62. The molecule has 0 radical (unpaired) electrons. The minimum absolute atomic E-state index is 0. The van der Waals surface area contributed by atoms with Gasteiger partial charge in [-0.25, -0.2) is 9.37 Å². The van der Waals surface area contributed by atoms with Crippen molar-refractivity contribution < 1.29 is 4.39 Å². The number of pyridine rings is 1. The van der Waals surface area contributed by atoms with Gasteiger partial charge in [0.25, 0.3) is 0 Å². The molecule has 0 spiro atoms. The van der Waals surface area contributed by atoms with Crippen LogP contribution in [-0.4, -0.2) is 22.6 Å². The third kappa shape index (κ3) is 4.39. The van der Waals surface area contributed by atoms with Crippen LogP contribution in [0.1, 0.15) is 61.8 Å². The summed E-state index contributed by atoms with van der Waals surface area (Å²) in [5, 5.41) is 1.28. The van der Waals surface area contributed by atoms with Gasteiger partial charge in [0.1, 0.15) is 5.82 Å². The first kappa shape index (κ1) is 23.1. The molecule has 3 heterocycles. The average Bonchev–Trinajstić information content (AvgIpc) is 3.05. The van der Waals surface area contributed by atoms with E-state index in [1.165, 1.54) is 73.2 Å². The number of hydrogen-bond acceptors (Lipinski definition) is 2. The number of aromatic nitrogens is 2. The highest BCUT2D eigenvalue weighted by molar-refractivity contribution is 5.93. The topological polar surface area (TPSA) is 21.1 Å². The Hall–Kier alpha value is -2.07. The molecule has 2 aliphatic rings. The van der Waals surface area contributed by atoms with Crippen LogP contribution < -0.4 is 4.90 Å². The van der Waals surface area contributed by atoms with Crippen LogP contribution in [0.2, 0.25) is 0 Å². The lowest BCUT2D eigenvalue weighted by Gasteiger charge is -2.39. The van der Waals surface area contributed by atoms with E-state index in [0.717, 1.165) is 36.3 Å². The number of nitrogens with zero attached hydrogens (tertiary/aromatic N) is 3. The molecule has 3 nitrogen and oxygen atoms in total. The van der Waals surface area contributed by atoms with E-state index in [4.69, 9.17) is 4.98 Å². The van der Waals surface area contributed by atoms with E-state index in [1.807, 2.05) is 12.3 Å². The van der Waals surface area contributed by atoms with Gasteiger partial charge in [-0.2, -0.15) is 0 Å². The van der Waals surface area contributed by atoms with Crippen molar-refractivity contribution in [1.29, 1.82) is 0 Å². The molecule has 1 aliphatic carbocycles. The summed E-state index contributed by atoms with van der Waals surface area (Å²) in [6, 6.07) is 9.13. The summed E-state index contributed by atoms with van der Waals surface area (Å²) < 4.78 is 16.2. The first-order valence-corrected chi connectivity index (χ1v) is 12.1. The summed E-state index contributed by atoms with van der Waals surface area (Å²) >= 11 is 0. The number of rotatable bonds is 4. The zero-order valence-electron chi connectivity index (χ0n) is 19.3. The number of benzene rings is 1. The Bertz CT molecular complexity index is 1070. The molecule has 172 valence electrons. The molecule has 0 N–H and O–H groups in total. The van der Waals surface area contributed by atoms with E-state index in [9.17, 15) is 4.39 Å². The number of hydrogen-bond donors (Lipinski definition) is 0. The quantitative estimate of drug-likeness (QED) is 0.419. The fourth-order valence-electron chi connectivity index (χ4n) is 6.02. The van der Waals surface area contributed by atoms with Gasteiger partial charge in [-0.05, 0) is 67.9 Å². The molecular weight excluding hydrogens is 421 g/mol. The van der Waals surface area contributed by atoms with Crippen molar-refractivity contribution in [2.45, 2.75) is 65.3 Å². The fourth-order valence-corrected chi connectivity index (χ4v) is 6.02. The molecule has 0 bridgehead atoms. The van der Waals surface area contributed by atoms with Gasteiger partial charge in [-0.15, -0.1) is 12.4 Å². The van der Waals surface area contributed by atoms with Crippen molar-refractivity contribution >= 4 is 29.1 Å². The minimum atomic E-state index is -0.173. The second-order valence-electron chi connectivity index (χ2n) is 9.70. The monoisotopic (exact) mass is 455 g/mol. The van der Waals surface area contributed by atoms with Gasteiger partial charge >= 0.3 is 0 Å². The average molecular weight is 456 g/mol. The third-order valence-electron chi connectivity index (χ3n) is 7.83. The van der Waals surface area contributed by atoms with Crippen molar-refractivity contribution in [3.8, 4) is 0 Å². The van der Waals surface area contributed by atoms with Crippen molar-refractivity contribution in [3.63, 3.8) is 0 Å². The summed E-state index contributed by atoms with van der Waals surface area (Å²) in [6.07, 6.45) is 11.6. The summed E-state index contributed by atoms with van der Waals surface area (Å²) in [4.78, 5) is 7.46. The third-order valence-corrected chi connectivity index (χ3v) is 7.83. The van der Waals surface area contributed by atoms with Gasteiger partial charge in [0.2, 0.25) is 0 Å². The Balaban J connectivity index is 0.00000245. The number of aryl methyl sites for hydroxylation is 1. The standard InChI is InChI=1S/C27H34FN3.ClH/c1-19-20(2)31(17-21-8-6-12-24(28)16-21)26-25(19)13-14-29-27(26)30-15-7-11-23(18-30)22-9-4-3-5-10-22;/h6,8,12-14,16,22-23H,3-5,7,9-11,15,17-18H2,1-2H3;1H. The highest BCUT2D eigenvalue weighted by Crippen LogP contribution is 2.38. The lowest BCUT2D eigenvalue weighted by molar-refractivity contribution is 0.220. The number of anilines is 1. The van der Waals surface area contributed by atoms with Crippen LogP contribution in [0.25, 0.3) is 10.9 Å². The van der Waals surface area contributed by atoms with E-state index >= 15 is 0 Å². The lowest BCUT2D eigenvalue weighted by atomic mass is 9.76. The Kier molecular flexibility index (Phi) is 7.09. The SMILES string of the molecule is Cc1c(C)n(Cc2cccc(F)c2)c2c(N3CCCC(C4CCCCC4)C3)nccc12.Cl. The molecule has 32 heavy (non-hydrogen) atoms. The summed E-state index contributed by atoms with van der Waals surface area (Å²) in [7, 11) is 0. The van der Waals surface area contributed by atoms with Crippen LogP contribution in [0, 0.1) is 31.5 Å². The molecule has 2 aromatic heterocycles. The van der Waals surface area contributed by atoms with Crippen molar-refractivity contribution in [2.75, 3.05) is 18.0 Å². The van der Waals surface area contributed by atoms with E-state index in [-0.39, 0.29) is 18.2 Å². The van der Waals surface area contributed by atoms with Crippen LogP contribution in [0.15, 0.2) is 36.5 Å². The van der Waals surface area contributed by atoms with Crippen LogP contribution in [0.5, 0.6) is 0 Å². The predicted molar refractivity (Wildman–Crippen MR) is 133 cm³/mol. The van der Waals surface area contributed by atoms with E-state index < -0.39 is 0 Å². The van der Waals surface area contributed by atoms with Gasteiger partial charge in [0.05, 0.1) is 5.52 Å². The molecule has 1 atom stereocenters. The van der Waals surface area contributed by atoms with Gasteiger partial charge < -0.3 is 9.47 Å². The second kappa shape index (κ2) is 9.82. The first-order valence-electron chi connectivity index (χ1n) is 12.1. The smallest absolute Gasteiger partial charge is 0.153 e. The molecule has 1 unspecified atom stereocenters. The summed E-state index contributed by atoms with van der Waals surface area (Å²) in [5.41, 5.74) is 4.75. The Morgan fingerprint density at radius 1 is 1.00 bits per heavy atom. The van der Waals surface area contributed by atoms with E-state index in [0.29, 0.717) is 6.54 Å². The molecule has 5 heteroatoms. The number of fused-ring (bicyclic) bond motifs is 1. The molecule has 1 saturated carbocycles. The van der Waals surface area contributed by atoms with Crippen LogP contribution in [-0.2, 0) is 6.54 Å². The second-order valence-corrected chi connectivity index (χ2v) is 9.70. The Morgan fingerprint density at radius 3 is 2.56 bits per heavy atom. The first-order chi connectivity index (χ1) is 15.1. The normalized spacial score (nSPS) is 19.8. The van der Waals surface area contributed by atoms with Crippen LogP contribution in [0.4, 0.5) is 10.2 Å². The van der Waals surface area contributed by atoms with Crippen LogP contribution in [0.3, 0.4) is 0 Å². The number of piperidine rings is 1. The molecular formula is C27H35ClFN3. The van der Waals surface area contributed by atoms with E-state index in [1.54, 1.807) is 12.1 Å². The maximum atomic E-state index is 13.8. The van der Waals surface area contributed by atoms with Crippen molar-refractivity contribution in [2.24, 2.45) is 11.8 Å². The van der Waals surface area contributed by atoms with Gasteiger partial charge in [0.15, 0.2) is 5.82 Å². The molecule has 1 aliphatic heterocycles. The zero-order chi connectivity index (χ0) is 21.4. The minimum Gasteiger partial charge on any atom is -0.355 e. The van der Waals surface area contributed by atoms with E-state index in [2.05, 4.69) is 29.4 Å². The molecule has 0 amide bonds. The maximum Gasteiger partial charge on any atom is 0.153 e. The lowest BCUT2D eigenvalue weighted by Crippen LogP contribution is -2.39. The Labute approximate surface area is 197 Å². The van der Waals surface area contributed by atoms with Gasteiger partial charge in [0, 0.05) is 36.9 Å². The zero-order valence-corrected chi connectivity index (χ0v) is 20.1. The molecule has 1 saturated heterocycles. The highest BCUT2D eigenvalue weighted by Gasteiger charge is 2.30. The highest BCUT2D eigenvalue weighted by atomic mass is 35.5.